The Morgan fingerprint density at radius 1 is 1.25 bits per heavy atom. The lowest BCUT2D eigenvalue weighted by Gasteiger charge is -2.11. The molecular weight excluding hydrogens is 397 g/mol. The molecule has 0 bridgehead atoms. The highest BCUT2D eigenvalue weighted by Gasteiger charge is 2.33. The molecule has 28 heavy (non-hydrogen) atoms. The molecule has 2 heterocycles. The monoisotopic (exact) mass is 417 g/mol. The number of halogens is 2. The largest absolute Gasteiger partial charge is 0.352 e. The molecule has 3 aromatic rings. The van der Waals surface area contributed by atoms with Gasteiger partial charge in [-0.05, 0) is 49.9 Å². The molecule has 0 unspecified atom stereocenters. The summed E-state index contributed by atoms with van der Waals surface area (Å²) in [5.74, 6) is 0.233. The van der Waals surface area contributed by atoms with Crippen LogP contribution >= 0.6 is 23.2 Å². The first-order chi connectivity index (χ1) is 13.5. The number of carbonyl (C=O) groups is 1. The van der Waals surface area contributed by atoms with Crippen LogP contribution in [0.3, 0.4) is 0 Å². The first-order valence-electron chi connectivity index (χ1n) is 9.33. The molecule has 0 spiro atoms. The molecule has 1 amide bonds. The fourth-order valence-electron chi connectivity index (χ4n) is 3.25. The second-order valence-electron chi connectivity index (χ2n) is 7.12. The zero-order valence-electron chi connectivity index (χ0n) is 15.5. The predicted octanol–water partition coefficient (Wildman–Crippen LogP) is 4.38. The number of rotatable bonds is 7. The van der Waals surface area contributed by atoms with Crippen LogP contribution in [0.1, 0.15) is 46.8 Å². The molecule has 1 saturated carbocycles. The molecular formula is C20H21Cl2N5O. The molecule has 0 saturated heterocycles. The van der Waals surface area contributed by atoms with E-state index in [9.17, 15) is 4.79 Å². The van der Waals surface area contributed by atoms with Crippen molar-refractivity contribution in [2.24, 2.45) is 0 Å². The number of hydrogen-bond donors (Lipinski definition) is 1. The summed E-state index contributed by atoms with van der Waals surface area (Å²) in [5.41, 5.74) is 3.40. The van der Waals surface area contributed by atoms with Crippen molar-refractivity contribution in [3.8, 4) is 5.69 Å². The van der Waals surface area contributed by atoms with Gasteiger partial charge < -0.3 is 5.32 Å². The van der Waals surface area contributed by atoms with E-state index in [2.05, 4.69) is 15.5 Å². The van der Waals surface area contributed by atoms with Crippen LogP contribution in [0.2, 0.25) is 10.0 Å². The average Bonchev–Trinajstić information content (AvgIpc) is 3.27. The summed E-state index contributed by atoms with van der Waals surface area (Å²) in [6, 6.07) is 5.29. The molecule has 2 aromatic heterocycles. The summed E-state index contributed by atoms with van der Waals surface area (Å²) in [6.45, 7) is 3.35. The Kier molecular flexibility index (Phi) is 5.42. The maximum Gasteiger partial charge on any atom is 0.254 e. The van der Waals surface area contributed by atoms with Crippen LogP contribution < -0.4 is 5.32 Å². The number of amides is 1. The Morgan fingerprint density at radius 2 is 2.07 bits per heavy atom. The van der Waals surface area contributed by atoms with Gasteiger partial charge in [-0.3, -0.25) is 9.48 Å². The van der Waals surface area contributed by atoms with Crippen LogP contribution in [0.15, 0.2) is 36.8 Å². The lowest BCUT2D eigenvalue weighted by Crippen LogP contribution is -2.26. The average molecular weight is 418 g/mol. The Labute approximate surface area is 173 Å². The number of hydrogen-bond acceptors (Lipinski definition) is 3. The lowest BCUT2D eigenvalue weighted by molar-refractivity contribution is 0.0951. The number of nitrogens with zero attached hydrogens (tertiary/aromatic N) is 4. The zero-order chi connectivity index (χ0) is 19.7. The minimum absolute atomic E-state index is 0.102. The summed E-state index contributed by atoms with van der Waals surface area (Å²) in [5, 5.41) is 12.8. The van der Waals surface area contributed by atoms with Gasteiger partial charge in [0.2, 0.25) is 0 Å². The maximum absolute atomic E-state index is 12.8. The standard InChI is InChI=1S/C20H21Cl2N5O/c1-13-10-24-26(12-13)8-2-7-23-20(28)16-11-25-27(19(16)14-3-4-14)18-6-5-15(21)9-17(18)22/h5-6,9-12,14H,2-4,7-8H2,1H3,(H,23,28). The van der Waals surface area contributed by atoms with E-state index in [4.69, 9.17) is 23.2 Å². The van der Waals surface area contributed by atoms with E-state index >= 15 is 0 Å². The predicted molar refractivity (Wildman–Crippen MR) is 109 cm³/mol. The van der Waals surface area contributed by atoms with Crippen LogP contribution in [0.25, 0.3) is 5.69 Å². The summed E-state index contributed by atoms with van der Waals surface area (Å²) in [6.07, 6.45) is 8.36. The third kappa shape index (κ3) is 4.08. The number of benzene rings is 1. The van der Waals surface area contributed by atoms with E-state index in [1.165, 1.54) is 0 Å². The number of carbonyl (C=O) groups excluding carboxylic acids is 1. The first-order valence-corrected chi connectivity index (χ1v) is 10.1. The SMILES string of the molecule is Cc1cnn(CCCNC(=O)c2cnn(-c3ccc(Cl)cc3Cl)c2C2CC2)c1. The Hall–Kier alpha value is -2.31. The van der Waals surface area contributed by atoms with Crippen molar-refractivity contribution >= 4 is 29.1 Å². The lowest BCUT2D eigenvalue weighted by atomic mass is 10.1. The van der Waals surface area contributed by atoms with E-state index in [0.717, 1.165) is 42.8 Å². The van der Waals surface area contributed by atoms with E-state index in [1.807, 2.05) is 30.1 Å². The Morgan fingerprint density at radius 3 is 2.75 bits per heavy atom. The van der Waals surface area contributed by atoms with Gasteiger partial charge in [-0.2, -0.15) is 10.2 Å². The van der Waals surface area contributed by atoms with Gasteiger partial charge in [-0.15, -0.1) is 0 Å². The number of aryl methyl sites for hydroxylation is 2. The third-order valence-electron chi connectivity index (χ3n) is 4.76. The molecule has 1 N–H and O–H groups in total. The number of aromatic nitrogens is 4. The van der Waals surface area contributed by atoms with Gasteiger partial charge >= 0.3 is 0 Å². The van der Waals surface area contributed by atoms with E-state index in [0.29, 0.717) is 28.1 Å². The first kappa shape index (κ1) is 19.0. The minimum atomic E-state index is -0.102. The summed E-state index contributed by atoms with van der Waals surface area (Å²) < 4.78 is 3.66. The van der Waals surface area contributed by atoms with Crippen molar-refractivity contribution in [1.29, 1.82) is 0 Å². The molecule has 0 atom stereocenters. The fourth-order valence-corrected chi connectivity index (χ4v) is 3.74. The summed E-state index contributed by atoms with van der Waals surface area (Å²) in [4.78, 5) is 12.8. The molecule has 1 aromatic carbocycles. The van der Waals surface area contributed by atoms with E-state index in [-0.39, 0.29) is 5.91 Å². The Balaban J connectivity index is 1.47. The quantitative estimate of drug-likeness (QED) is 0.579. The molecule has 146 valence electrons. The molecule has 8 heteroatoms. The fraction of sp³-hybridized carbons (Fsp3) is 0.350. The third-order valence-corrected chi connectivity index (χ3v) is 5.30. The highest BCUT2D eigenvalue weighted by atomic mass is 35.5. The van der Waals surface area contributed by atoms with Crippen molar-refractivity contribution in [3.63, 3.8) is 0 Å². The maximum atomic E-state index is 12.8. The molecule has 6 nitrogen and oxygen atoms in total. The van der Waals surface area contributed by atoms with Crippen LogP contribution in [-0.2, 0) is 6.54 Å². The zero-order valence-corrected chi connectivity index (χ0v) is 17.0. The van der Waals surface area contributed by atoms with Gasteiger partial charge in [0.25, 0.3) is 5.91 Å². The van der Waals surface area contributed by atoms with Crippen molar-refractivity contribution in [2.75, 3.05) is 6.54 Å². The van der Waals surface area contributed by atoms with Gasteiger partial charge in [-0.25, -0.2) is 4.68 Å². The highest BCUT2D eigenvalue weighted by molar-refractivity contribution is 6.35. The van der Waals surface area contributed by atoms with E-state index in [1.54, 1.807) is 23.0 Å². The Bertz CT molecular complexity index is 1010. The van der Waals surface area contributed by atoms with Crippen LogP contribution in [0, 0.1) is 6.92 Å². The number of nitrogens with one attached hydrogen (secondary N) is 1. The van der Waals surface area contributed by atoms with Crippen molar-refractivity contribution in [2.45, 2.75) is 38.6 Å². The van der Waals surface area contributed by atoms with E-state index < -0.39 is 0 Å². The minimum Gasteiger partial charge on any atom is -0.352 e. The van der Waals surface area contributed by atoms with Gasteiger partial charge in [0.15, 0.2) is 0 Å². The van der Waals surface area contributed by atoms with Crippen LogP contribution in [0.4, 0.5) is 0 Å². The van der Waals surface area contributed by atoms with Crippen LogP contribution in [-0.4, -0.2) is 32.0 Å². The van der Waals surface area contributed by atoms with Crippen LogP contribution in [0.5, 0.6) is 0 Å². The van der Waals surface area contributed by atoms with Crippen molar-refractivity contribution < 1.29 is 4.79 Å². The van der Waals surface area contributed by atoms with Crippen molar-refractivity contribution in [3.05, 3.63) is 63.7 Å². The summed E-state index contributed by atoms with van der Waals surface area (Å²) in [7, 11) is 0. The molecule has 4 rings (SSSR count). The van der Waals surface area contributed by atoms with Gasteiger partial charge in [-0.1, -0.05) is 23.2 Å². The second kappa shape index (κ2) is 7.97. The van der Waals surface area contributed by atoms with Gasteiger partial charge in [0.05, 0.1) is 34.4 Å². The molecule has 0 radical (unpaired) electrons. The molecule has 1 aliphatic carbocycles. The second-order valence-corrected chi connectivity index (χ2v) is 7.96. The summed E-state index contributed by atoms with van der Waals surface area (Å²) >= 11 is 12.4. The topological polar surface area (TPSA) is 64.7 Å². The highest BCUT2D eigenvalue weighted by Crippen LogP contribution is 2.43. The van der Waals surface area contributed by atoms with Gasteiger partial charge in [0.1, 0.15) is 0 Å². The van der Waals surface area contributed by atoms with Crippen molar-refractivity contribution in [1.82, 2.24) is 24.9 Å². The molecule has 1 aliphatic rings. The molecule has 0 aliphatic heterocycles. The smallest absolute Gasteiger partial charge is 0.254 e. The van der Waals surface area contributed by atoms with Gasteiger partial charge in [0, 0.05) is 30.2 Å². The normalized spacial score (nSPS) is 13.7. The molecule has 1 fully saturated rings.